The molecule has 0 aliphatic heterocycles. The van der Waals surface area contributed by atoms with E-state index in [-0.39, 0.29) is 0 Å². The van der Waals surface area contributed by atoms with Gasteiger partial charge in [-0.3, -0.25) is 4.99 Å². The van der Waals surface area contributed by atoms with Crippen LogP contribution in [-0.2, 0) is 13.0 Å². The first-order chi connectivity index (χ1) is 16.2. The Morgan fingerprint density at radius 1 is 0.788 bits per heavy atom. The number of benzene rings is 4. The molecule has 33 heavy (non-hydrogen) atoms. The fraction of sp³-hybridized carbons (Fsp3) is 0.100. The van der Waals surface area contributed by atoms with Crippen molar-refractivity contribution in [1.82, 2.24) is 0 Å². The van der Waals surface area contributed by atoms with Crippen LogP contribution in [0.4, 0.5) is 0 Å². The van der Waals surface area contributed by atoms with Gasteiger partial charge in [-0.15, -0.1) is 0 Å². The van der Waals surface area contributed by atoms with Crippen LogP contribution >= 0.6 is 0 Å². The first-order valence-corrected chi connectivity index (χ1v) is 11.1. The summed E-state index contributed by atoms with van der Waals surface area (Å²) < 4.78 is 0. The van der Waals surface area contributed by atoms with Crippen molar-refractivity contribution in [2.75, 3.05) is 0 Å². The average molecular weight is 428 g/mol. The molecule has 0 aromatic heterocycles. The maximum atomic E-state index is 4.99. The zero-order valence-electron chi connectivity index (χ0n) is 18.7. The van der Waals surface area contributed by atoms with Gasteiger partial charge in [-0.2, -0.15) is 0 Å². The number of hydrogen-bond acceptors (Lipinski definition) is 1. The van der Waals surface area contributed by atoms with Gasteiger partial charge >= 0.3 is 0 Å². The molecule has 3 heteroatoms. The fourth-order valence-electron chi connectivity index (χ4n) is 4.34. The molecule has 0 fully saturated rings. The van der Waals surface area contributed by atoms with Crippen molar-refractivity contribution < 1.29 is 0 Å². The summed E-state index contributed by atoms with van der Waals surface area (Å²) >= 11 is 0. The minimum Gasteiger partial charge on any atom is -0.261 e. The second kappa shape index (κ2) is 9.17. The molecular weight excluding hydrogens is 402 g/mol. The SMILES string of the molecule is C=NC(=NC(=NCc1ccccc1)c1cccc2c1-c1cc(C)ccc1C2)c1ccccc1. The molecule has 4 aromatic carbocycles. The van der Waals surface area contributed by atoms with Crippen molar-refractivity contribution in [2.24, 2.45) is 15.0 Å². The molecule has 0 radical (unpaired) electrons. The summed E-state index contributed by atoms with van der Waals surface area (Å²) in [5.74, 6) is 1.25. The van der Waals surface area contributed by atoms with E-state index in [0.717, 1.165) is 23.1 Å². The third-order valence-electron chi connectivity index (χ3n) is 5.96. The third kappa shape index (κ3) is 4.31. The molecule has 1 aliphatic carbocycles. The summed E-state index contributed by atoms with van der Waals surface area (Å²) in [7, 11) is 0. The Morgan fingerprint density at radius 2 is 1.55 bits per heavy atom. The lowest BCUT2D eigenvalue weighted by Gasteiger charge is -2.12. The summed E-state index contributed by atoms with van der Waals surface area (Å²) in [6.07, 6.45) is 0.930. The molecule has 1 aliphatic rings. The van der Waals surface area contributed by atoms with Crippen LogP contribution in [0.25, 0.3) is 11.1 Å². The Bertz CT molecular complexity index is 1370. The van der Waals surface area contributed by atoms with Crippen LogP contribution in [0.1, 0.15) is 33.4 Å². The predicted octanol–water partition coefficient (Wildman–Crippen LogP) is 6.66. The van der Waals surface area contributed by atoms with E-state index >= 15 is 0 Å². The maximum Gasteiger partial charge on any atom is 0.161 e. The Balaban J connectivity index is 1.67. The smallest absolute Gasteiger partial charge is 0.161 e. The second-order valence-electron chi connectivity index (χ2n) is 8.26. The third-order valence-corrected chi connectivity index (χ3v) is 5.96. The number of aryl methyl sites for hydroxylation is 1. The van der Waals surface area contributed by atoms with Gasteiger partial charge in [0.1, 0.15) is 0 Å². The molecule has 0 spiro atoms. The lowest BCUT2D eigenvalue weighted by atomic mass is 9.97. The predicted molar refractivity (Wildman–Crippen MR) is 139 cm³/mol. The monoisotopic (exact) mass is 427 g/mol. The van der Waals surface area contributed by atoms with Crippen LogP contribution in [-0.4, -0.2) is 18.4 Å². The lowest BCUT2D eigenvalue weighted by molar-refractivity contribution is 1.06. The average Bonchev–Trinajstić information content (AvgIpc) is 3.23. The zero-order valence-corrected chi connectivity index (χ0v) is 18.7. The van der Waals surface area contributed by atoms with Gasteiger partial charge in [0.25, 0.3) is 0 Å². The minimum atomic E-state index is 0.545. The largest absolute Gasteiger partial charge is 0.261 e. The molecule has 0 atom stereocenters. The van der Waals surface area contributed by atoms with Gasteiger partial charge in [-0.05, 0) is 47.9 Å². The standard InChI is InChI=1S/C30H25N3/c1-21-16-17-24-19-25-14-9-15-26(28(25)27(24)18-21)30(32-20-22-10-5-3-6-11-22)33-29(31-2)23-12-7-4-8-13-23/h3-18H,2,19-20H2,1H3. The summed E-state index contributed by atoms with van der Waals surface area (Å²) in [6.45, 7) is 6.47. The van der Waals surface area contributed by atoms with Crippen molar-refractivity contribution in [3.8, 4) is 11.1 Å². The molecule has 4 aromatic rings. The molecule has 0 N–H and O–H groups in total. The van der Waals surface area contributed by atoms with E-state index in [1.54, 1.807) is 0 Å². The highest BCUT2D eigenvalue weighted by atomic mass is 15.0. The van der Waals surface area contributed by atoms with E-state index in [1.807, 2.05) is 48.5 Å². The molecule has 0 saturated carbocycles. The van der Waals surface area contributed by atoms with Gasteiger partial charge < -0.3 is 0 Å². The fourth-order valence-corrected chi connectivity index (χ4v) is 4.34. The maximum absolute atomic E-state index is 4.99. The van der Waals surface area contributed by atoms with E-state index < -0.39 is 0 Å². The topological polar surface area (TPSA) is 37.1 Å². The van der Waals surface area contributed by atoms with Crippen LogP contribution in [0.3, 0.4) is 0 Å². The molecule has 3 nitrogen and oxygen atoms in total. The van der Waals surface area contributed by atoms with E-state index in [4.69, 9.17) is 9.98 Å². The first-order valence-electron chi connectivity index (χ1n) is 11.1. The van der Waals surface area contributed by atoms with Crippen molar-refractivity contribution in [3.05, 3.63) is 130 Å². The molecule has 0 amide bonds. The first kappa shape index (κ1) is 20.8. The molecular formula is C30H25N3. The number of amidine groups is 2. The van der Waals surface area contributed by atoms with Gasteiger partial charge in [0.2, 0.25) is 0 Å². The molecule has 0 saturated heterocycles. The number of rotatable bonds is 4. The van der Waals surface area contributed by atoms with Crippen molar-refractivity contribution in [3.63, 3.8) is 0 Å². The van der Waals surface area contributed by atoms with E-state index in [0.29, 0.717) is 18.2 Å². The van der Waals surface area contributed by atoms with E-state index in [1.165, 1.54) is 27.8 Å². The van der Waals surface area contributed by atoms with E-state index in [9.17, 15) is 0 Å². The number of fused-ring (bicyclic) bond motifs is 3. The van der Waals surface area contributed by atoms with Gasteiger partial charge in [0.15, 0.2) is 11.7 Å². The highest BCUT2D eigenvalue weighted by molar-refractivity contribution is 6.15. The van der Waals surface area contributed by atoms with Gasteiger partial charge in [-0.1, -0.05) is 103 Å². The Morgan fingerprint density at radius 3 is 2.30 bits per heavy atom. The second-order valence-corrected chi connectivity index (χ2v) is 8.26. The molecule has 0 bridgehead atoms. The highest BCUT2D eigenvalue weighted by Gasteiger charge is 2.23. The molecule has 160 valence electrons. The molecule has 0 heterocycles. The summed E-state index contributed by atoms with van der Waals surface area (Å²) in [5.41, 5.74) is 9.50. The van der Waals surface area contributed by atoms with Crippen LogP contribution in [0.5, 0.6) is 0 Å². The minimum absolute atomic E-state index is 0.545. The van der Waals surface area contributed by atoms with Crippen molar-refractivity contribution in [2.45, 2.75) is 19.9 Å². The van der Waals surface area contributed by atoms with Crippen LogP contribution in [0, 0.1) is 6.92 Å². The van der Waals surface area contributed by atoms with E-state index in [2.05, 4.69) is 67.2 Å². The number of nitrogens with zero attached hydrogens (tertiary/aromatic N) is 3. The van der Waals surface area contributed by atoms with Crippen LogP contribution < -0.4 is 0 Å². The number of aliphatic imine (C=N–C) groups is 3. The number of hydrogen-bond donors (Lipinski definition) is 0. The summed E-state index contributed by atoms with van der Waals surface area (Å²) in [5, 5.41) is 0. The summed E-state index contributed by atoms with van der Waals surface area (Å²) in [6, 6.07) is 33.3. The molecule has 5 rings (SSSR count). The Hall–Kier alpha value is -4.11. The van der Waals surface area contributed by atoms with Crippen LogP contribution in [0.15, 0.2) is 112 Å². The van der Waals surface area contributed by atoms with Crippen LogP contribution in [0.2, 0.25) is 0 Å². The van der Waals surface area contributed by atoms with Gasteiger partial charge in [-0.25, -0.2) is 9.98 Å². The van der Waals surface area contributed by atoms with Crippen molar-refractivity contribution in [1.29, 1.82) is 0 Å². The highest BCUT2D eigenvalue weighted by Crippen LogP contribution is 2.40. The molecule has 0 unspecified atom stereocenters. The zero-order chi connectivity index (χ0) is 22.6. The Labute approximate surface area is 194 Å². The lowest BCUT2D eigenvalue weighted by Crippen LogP contribution is -2.07. The quantitative estimate of drug-likeness (QED) is 0.227. The van der Waals surface area contributed by atoms with Gasteiger partial charge in [0, 0.05) is 11.1 Å². The Kier molecular flexibility index (Phi) is 5.77. The van der Waals surface area contributed by atoms with Gasteiger partial charge in [0.05, 0.1) is 6.54 Å². The normalized spacial score (nSPS) is 12.9. The van der Waals surface area contributed by atoms with Crippen molar-refractivity contribution >= 4 is 18.4 Å². The summed E-state index contributed by atoms with van der Waals surface area (Å²) in [4.78, 5) is 14.2.